The Morgan fingerprint density at radius 2 is 1.62 bits per heavy atom. The second kappa shape index (κ2) is 11.2. The van der Waals surface area contributed by atoms with Crippen molar-refractivity contribution < 1.29 is 18.0 Å². The van der Waals surface area contributed by atoms with E-state index in [-0.39, 0.29) is 28.2 Å². The zero-order valence-electron chi connectivity index (χ0n) is 17.8. The summed E-state index contributed by atoms with van der Waals surface area (Å²) in [6, 6.07) is 10.4. The molecule has 2 aromatic carbocycles. The number of benzene rings is 2. The molecule has 2 rings (SSSR count). The van der Waals surface area contributed by atoms with Crippen LogP contribution in [0.5, 0.6) is 0 Å². The summed E-state index contributed by atoms with van der Waals surface area (Å²) in [5, 5.41) is 3.47. The van der Waals surface area contributed by atoms with Crippen LogP contribution >= 0.6 is 34.8 Å². The molecule has 0 aliphatic rings. The molecule has 0 fully saturated rings. The second-order valence-corrected chi connectivity index (χ2v) is 10.2. The van der Waals surface area contributed by atoms with Gasteiger partial charge in [-0.3, -0.25) is 13.9 Å². The number of carbonyl (C=O) groups is 2. The Morgan fingerprint density at radius 3 is 2.16 bits per heavy atom. The molecule has 0 unspecified atom stereocenters. The summed E-state index contributed by atoms with van der Waals surface area (Å²) in [5.41, 5.74) is 0.811. The highest BCUT2D eigenvalue weighted by Crippen LogP contribution is 2.31. The molecule has 2 aromatic rings. The number of nitrogens with zero attached hydrogens (tertiary/aromatic N) is 2. The summed E-state index contributed by atoms with van der Waals surface area (Å²) in [7, 11) is -2.42. The minimum absolute atomic E-state index is 0.0782. The van der Waals surface area contributed by atoms with Crippen molar-refractivity contribution in [2.45, 2.75) is 25.9 Å². The number of anilines is 1. The van der Waals surface area contributed by atoms with E-state index >= 15 is 0 Å². The molecule has 0 saturated carbocycles. The average molecular weight is 521 g/mol. The molecule has 2 amide bonds. The SMILES string of the molecule is CC[C@H](C(=O)NC)N(Cc1ccc(Cl)cc1)C(=O)CN(c1cc(Cl)ccc1Cl)S(C)(=O)=O. The molecule has 0 aliphatic heterocycles. The van der Waals surface area contributed by atoms with E-state index in [1.165, 1.54) is 30.1 Å². The molecular weight excluding hydrogens is 497 g/mol. The quantitative estimate of drug-likeness (QED) is 0.542. The predicted octanol–water partition coefficient (Wildman–Crippen LogP) is 3.97. The Hall–Kier alpha value is -2.00. The molecular formula is C21H24Cl3N3O4S. The van der Waals surface area contributed by atoms with Gasteiger partial charge in [0.15, 0.2) is 0 Å². The third-order valence-corrected chi connectivity index (χ3v) is 6.69. The average Bonchev–Trinajstić information content (AvgIpc) is 2.73. The van der Waals surface area contributed by atoms with Crippen LogP contribution in [-0.4, -0.2) is 51.0 Å². The predicted molar refractivity (Wildman–Crippen MR) is 129 cm³/mol. The zero-order valence-corrected chi connectivity index (χ0v) is 20.9. The van der Waals surface area contributed by atoms with Gasteiger partial charge in [-0.2, -0.15) is 0 Å². The van der Waals surface area contributed by atoms with Crippen LogP contribution in [0.15, 0.2) is 42.5 Å². The summed E-state index contributed by atoms with van der Waals surface area (Å²) in [5.74, 6) is -0.932. The summed E-state index contributed by atoms with van der Waals surface area (Å²) < 4.78 is 26.0. The van der Waals surface area contributed by atoms with Gasteiger partial charge >= 0.3 is 0 Å². The minimum Gasteiger partial charge on any atom is -0.357 e. The minimum atomic E-state index is -3.90. The van der Waals surface area contributed by atoms with E-state index in [1.54, 1.807) is 31.2 Å². The first-order valence-electron chi connectivity index (χ1n) is 9.66. The van der Waals surface area contributed by atoms with Gasteiger partial charge in [0.05, 0.1) is 17.0 Å². The molecule has 0 saturated heterocycles. The summed E-state index contributed by atoms with van der Waals surface area (Å²) >= 11 is 18.2. The molecule has 0 bridgehead atoms. The van der Waals surface area contributed by atoms with Crippen molar-refractivity contribution in [2.75, 3.05) is 24.2 Å². The molecule has 7 nitrogen and oxygen atoms in total. The van der Waals surface area contributed by atoms with Crippen molar-refractivity contribution in [1.82, 2.24) is 10.2 Å². The van der Waals surface area contributed by atoms with Gasteiger partial charge in [0.2, 0.25) is 21.8 Å². The van der Waals surface area contributed by atoms with Gasteiger partial charge in [0.1, 0.15) is 12.6 Å². The molecule has 174 valence electrons. The number of halogens is 3. The van der Waals surface area contributed by atoms with E-state index < -0.39 is 28.5 Å². The molecule has 0 heterocycles. The Morgan fingerprint density at radius 1 is 1.03 bits per heavy atom. The normalized spacial score (nSPS) is 12.2. The topological polar surface area (TPSA) is 86.8 Å². The fourth-order valence-corrected chi connectivity index (χ4v) is 4.56. The van der Waals surface area contributed by atoms with Gasteiger partial charge < -0.3 is 10.2 Å². The lowest BCUT2D eigenvalue weighted by Gasteiger charge is -2.32. The highest BCUT2D eigenvalue weighted by atomic mass is 35.5. The lowest BCUT2D eigenvalue weighted by Crippen LogP contribution is -2.51. The first-order chi connectivity index (χ1) is 15.0. The third-order valence-electron chi connectivity index (χ3n) is 4.75. The van der Waals surface area contributed by atoms with Crippen molar-refractivity contribution in [2.24, 2.45) is 0 Å². The smallest absolute Gasteiger partial charge is 0.244 e. The Balaban J connectivity index is 2.46. The van der Waals surface area contributed by atoms with Crippen LogP contribution in [0.3, 0.4) is 0 Å². The number of hydrogen-bond donors (Lipinski definition) is 1. The van der Waals surface area contributed by atoms with Gasteiger partial charge in [0.25, 0.3) is 0 Å². The summed E-state index contributed by atoms with van der Waals surface area (Å²) in [6.45, 7) is 1.30. The number of hydrogen-bond acceptors (Lipinski definition) is 4. The van der Waals surface area contributed by atoms with Crippen LogP contribution in [-0.2, 0) is 26.2 Å². The van der Waals surface area contributed by atoms with E-state index in [0.717, 1.165) is 16.1 Å². The third kappa shape index (κ3) is 6.75. The molecule has 0 spiro atoms. The fourth-order valence-electron chi connectivity index (χ4n) is 3.14. The van der Waals surface area contributed by atoms with Crippen LogP contribution in [0.2, 0.25) is 15.1 Å². The number of likely N-dealkylation sites (N-methyl/N-ethyl adjacent to an activating group) is 1. The zero-order chi connectivity index (χ0) is 24.1. The number of carbonyl (C=O) groups excluding carboxylic acids is 2. The molecule has 0 radical (unpaired) electrons. The van der Waals surface area contributed by atoms with Crippen LogP contribution in [0.1, 0.15) is 18.9 Å². The lowest BCUT2D eigenvalue weighted by atomic mass is 10.1. The van der Waals surface area contributed by atoms with Crippen molar-refractivity contribution >= 4 is 62.3 Å². The van der Waals surface area contributed by atoms with Gasteiger partial charge in [-0.25, -0.2) is 8.42 Å². The summed E-state index contributed by atoms with van der Waals surface area (Å²) in [4.78, 5) is 27.2. The number of sulfonamides is 1. The number of rotatable bonds is 9. The fraction of sp³-hybridized carbons (Fsp3) is 0.333. The molecule has 32 heavy (non-hydrogen) atoms. The van der Waals surface area contributed by atoms with E-state index in [4.69, 9.17) is 34.8 Å². The van der Waals surface area contributed by atoms with Gasteiger partial charge in [-0.15, -0.1) is 0 Å². The molecule has 11 heteroatoms. The van der Waals surface area contributed by atoms with Gasteiger partial charge in [-0.05, 0) is 42.3 Å². The van der Waals surface area contributed by atoms with Crippen LogP contribution in [0.4, 0.5) is 5.69 Å². The van der Waals surface area contributed by atoms with Gasteiger partial charge in [0, 0.05) is 23.6 Å². The van der Waals surface area contributed by atoms with Crippen molar-refractivity contribution in [3.05, 3.63) is 63.1 Å². The van der Waals surface area contributed by atoms with Gasteiger partial charge in [-0.1, -0.05) is 53.9 Å². The largest absolute Gasteiger partial charge is 0.357 e. The standard InChI is InChI=1S/C21H24Cl3N3O4S/c1-4-18(21(29)25-2)26(12-14-5-7-15(22)8-6-14)20(28)13-27(32(3,30)31)19-11-16(23)9-10-17(19)24/h5-11,18H,4,12-13H2,1-3H3,(H,25,29)/t18-/m1/s1. The molecule has 1 atom stereocenters. The highest BCUT2D eigenvalue weighted by Gasteiger charge is 2.32. The molecule has 0 aliphatic carbocycles. The van der Waals surface area contributed by atoms with E-state index in [2.05, 4.69) is 5.32 Å². The van der Waals surface area contributed by atoms with Crippen molar-refractivity contribution in [3.63, 3.8) is 0 Å². The Bertz CT molecular complexity index is 1080. The van der Waals surface area contributed by atoms with Crippen molar-refractivity contribution in [3.8, 4) is 0 Å². The lowest BCUT2D eigenvalue weighted by molar-refractivity contribution is -0.140. The maximum atomic E-state index is 13.4. The van der Waals surface area contributed by atoms with Crippen LogP contribution in [0, 0.1) is 0 Å². The molecule has 0 aromatic heterocycles. The maximum absolute atomic E-state index is 13.4. The highest BCUT2D eigenvalue weighted by molar-refractivity contribution is 7.92. The van der Waals surface area contributed by atoms with E-state index in [0.29, 0.717) is 11.4 Å². The molecule has 1 N–H and O–H groups in total. The Kier molecular flexibility index (Phi) is 9.21. The maximum Gasteiger partial charge on any atom is 0.244 e. The van der Waals surface area contributed by atoms with Crippen LogP contribution < -0.4 is 9.62 Å². The Labute approximate surface area is 203 Å². The monoisotopic (exact) mass is 519 g/mol. The first kappa shape index (κ1) is 26.3. The number of nitrogens with one attached hydrogen (secondary N) is 1. The summed E-state index contributed by atoms with van der Waals surface area (Å²) in [6.07, 6.45) is 1.30. The van der Waals surface area contributed by atoms with E-state index in [9.17, 15) is 18.0 Å². The van der Waals surface area contributed by atoms with Crippen LogP contribution in [0.25, 0.3) is 0 Å². The van der Waals surface area contributed by atoms with Crippen molar-refractivity contribution in [1.29, 1.82) is 0 Å². The van der Waals surface area contributed by atoms with E-state index in [1.807, 2.05) is 0 Å². The first-order valence-corrected chi connectivity index (χ1v) is 12.6. The number of amides is 2. The second-order valence-electron chi connectivity index (χ2n) is 7.05.